The monoisotopic (exact) mass is 497 g/mol. The van der Waals surface area contributed by atoms with Crippen molar-refractivity contribution in [1.82, 2.24) is 0 Å². The lowest BCUT2D eigenvalue weighted by atomic mass is 9.81. The van der Waals surface area contributed by atoms with Crippen molar-refractivity contribution in [2.75, 3.05) is 25.7 Å². The van der Waals surface area contributed by atoms with Crippen molar-refractivity contribution in [1.29, 1.82) is 5.26 Å². The Morgan fingerprint density at radius 1 is 1.03 bits per heavy atom. The van der Waals surface area contributed by atoms with Gasteiger partial charge in [0.2, 0.25) is 0 Å². The normalized spacial score (nSPS) is 15.3. The first-order valence-electron chi connectivity index (χ1n) is 10.5. The van der Waals surface area contributed by atoms with Gasteiger partial charge in [0.1, 0.15) is 28.7 Å². The molecule has 186 valence electrons. The molecular weight excluding hydrogens is 476 g/mol. The van der Waals surface area contributed by atoms with Crippen LogP contribution in [0.1, 0.15) is 28.8 Å². The van der Waals surface area contributed by atoms with E-state index in [9.17, 15) is 28.4 Å². The number of allylic oxidation sites excluding steroid dienone is 1. The molecule has 0 amide bonds. The molecule has 11 heteroatoms. The van der Waals surface area contributed by atoms with Crippen LogP contribution in [0, 0.1) is 23.0 Å². The highest BCUT2D eigenvalue weighted by Crippen LogP contribution is 2.43. The van der Waals surface area contributed by atoms with E-state index in [1.165, 1.54) is 6.92 Å². The molecule has 1 aliphatic heterocycles. The first-order chi connectivity index (χ1) is 17.2. The summed E-state index contributed by atoms with van der Waals surface area (Å²) in [5, 5.41) is 9.98. The van der Waals surface area contributed by atoms with Gasteiger partial charge in [0, 0.05) is 0 Å². The molecule has 0 spiro atoms. The average Bonchev–Trinajstić information content (AvgIpc) is 2.87. The van der Waals surface area contributed by atoms with Gasteiger partial charge in [0.05, 0.1) is 49.6 Å². The maximum atomic E-state index is 14.9. The number of rotatable bonds is 6. The average molecular weight is 497 g/mol. The molecule has 0 aromatic heterocycles. The molecule has 0 aliphatic carbocycles. The second-order valence-electron chi connectivity index (χ2n) is 7.34. The number of halogens is 2. The zero-order valence-corrected chi connectivity index (χ0v) is 19.5. The van der Waals surface area contributed by atoms with E-state index in [-0.39, 0.29) is 23.6 Å². The van der Waals surface area contributed by atoms with Crippen molar-refractivity contribution in [3.8, 4) is 6.07 Å². The maximum absolute atomic E-state index is 14.9. The van der Waals surface area contributed by atoms with E-state index in [0.29, 0.717) is 5.56 Å². The number of carbonyl (C=O) groups is 3. The fourth-order valence-corrected chi connectivity index (χ4v) is 3.87. The van der Waals surface area contributed by atoms with E-state index in [1.54, 1.807) is 30.3 Å². The summed E-state index contributed by atoms with van der Waals surface area (Å²) in [7, 11) is 2.10. The zero-order valence-electron chi connectivity index (χ0n) is 19.5. The van der Waals surface area contributed by atoms with Crippen LogP contribution in [0.3, 0.4) is 0 Å². The third kappa shape index (κ3) is 4.48. The van der Waals surface area contributed by atoms with E-state index < -0.39 is 52.4 Å². The summed E-state index contributed by atoms with van der Waals surface area (Å²) in [6, 6.07) is 11.6. The Balaban J connectivity index is 2.38. The number of nitrogens with two attached hydrogens (primary N) is 1. The number of carbonyl (C=O) groups excluding carboxylic acids is 3. The molecule has 2 N–H and O–H groups in total. The van der Waals surface area contributed by atoms with Crippen LogP contribution in [0.25, 0.3) is 0 Å². The van der Waals surface area contributed by atoms with Gasteiger partial charge in [-0.2, -0.15) is 5.26 Å². The lowest BCUT2D eigenvalue weighted by molar-refractivity contribution is -0.139. The second kappa shape index (κ2) is 10.7. The molecule has 2 aromatic carbocycles. The van der Waals surface area contributed by atoms with Gasteiger partial charge < -0.3 is 19.9 Å². The highest BCUT2D eigenvalue weighted by Gasteiger charge is 2.43. The van der Waals surface area contributed by atoms with Gasteiger partial charge in [-0.15, -0.1) is 0 Å². The summed E-state index contributed by atoms with van der Waals surface area (Å²) in [4.78, 5) is 38.8. The smallest absolute Gasteiger partial charge is 0.355 e. The fraction of sp³-hybridized carbons (Fsp3) is 0.200. The van der Waals surface area contributed by atoms with E-state index in [4.69, 9.17) is 15.2 Å². The van der Waals surface area contributed by atoms with Crippen molar-refractivity contribution < 1.29 is 37.4 Å². The lowest BCUT2D eigenvalue weighted by Crippen LogP contribution is -2.41. The van der Waals surface area contributed by atoms with Gasteiger partial charge >= 0.3 is 17.9 Å². The second-order valence-corrected chi connectivity index (χ2v) is 7.34. The van der Waals surface area contributed by atoms with Crippen LogP contribution in [0.4, 0.5) is 14.5 Å². The molecule has 3 rings (SSSR count). The van der Waals surface area contributed by atoms with Crippen molar-refractivity contribution in [3.05, 3.63) is 87.9 Å². The number of anilines is 1. The summed E-state index contributed by atoms with van der Waals surface area (Å²) >= 11 is 0. The lowest BCUT2D eigenvalue weighted by Gasteiger charge is -2.36. The van der Waals surface area contributed by atoms with Gasteiger partial charge in [-0.1, -0.05) is 30.3 Å². The number of benzene rings is 2. The van der Waals surface area contributed by atoms with Crippen molar-refractivity contribution >= 4 is 23.6 Å². The van der Waals surface area contributed by atoms with Gasteiger partial charge in [-0.3, -0.25) is 4.90 Å². The molecule has 1 unspecified atom stereocenters. The molecule has 36 heavy (non-hydrogen) atoms. The highest BCUT2D eigenvalue weighted by atomic mass is 19.1. The maximum Gasteiger partial charge on any atom is 0.355 e. The Morgan fingerprint density at radius 3 is 2.11 bits per heavy atom. The van der Waals surface area contributed by atoms with Crippen LogP contribution in [0.5, 0.6) is 0 Å². The Bertz CT molecular complexity index is 1310. The minimum atomic E-state index is -1.32. The number of methoxy groups -OCH3 is 2. The number of hydrogen-bond acceptors (Lipinski definition) is 9. The minimum absolute atomic E-state index is 0.120. The third-order valence-corrected chi connectivity index (χ3v) is 5.37. The molecule has 9 nitrogen and oxygen atoms in total. The Kier molecular flexibility index (Phi) is 7.69. The van der Waals surface area contributed by atoms with Crippen LogP contribution in [-0.2, 0) is 23.8 Å². The molecule has 0 fully saturated rings. The topological polar surface area (TPSA) is 132 Å². The van der Waals surface area contributed by atoms with Gasteiger partial charge in [-0.05, 0) is 24.6 Å². The van der Waals surface area contributed by atoms with Crippen molar-refractivity contribution in [2.45, 2.75) is 12.8 Å². The minimum Gasteiger partial charge on any atom is -0.466 e. The molecule has 0 radical (unpaired) electrons. The standard InChI is InChI=1S/C25H21F2N3O6/c1-4-36-24(32)19-16(26)10-14(11-17(19)27)30-21(25(33)35-3)20(23(31)34-2)18(15(12-28)22(30)29)13-8-6-5-7-9-13/h5-11,18H,4,29H2,1-3H3. The van der Waals surface area contributed by atoms with E-state index >= 15 is 0 Å². The Morgan fingerprint density at radius 2 is 1.61 bits per heavy atom. The van der Waals surface area contributed by atoms with Crippen LogP contribution >= 0.6 is 0 Å². The third-order valence-electron chi connectivity index (χ3n) is 5.37. The number of ether oxygens (including phenoxy) is 3. The summed E-state index contributed by atoms with van der Waals surface area (Å²) in [6.45, 7) is 1.35. The number of nitriles is 1. The van der Waals surface area contributed by atoms with E-state index in [2.05, 4.69) is 4.74 Å². The largest absolute Gasteiger partial charge is 0.466 e. The Labute approximate surface area is 204 Å². The summed E-state index contributed by atoms with van der Waals surface area (Å²) in [5.74, 6) is -7.50. The van der Waals surface area contributed by atoms with Crippen LogP contribution in [-0.4, -0.2) is 38.7 Å². The van der Waals surface area contributed by atoms with Crippen molar-refractivity contribution in [3.63, 3.8) is 0 Å². The summed E-state index contributed by atoms with van der Waals surface area (Å²) < 4.78 is 44.2. The highest BCUT2D eigenvalue weighted by molar-refractivity contribution is 6.06. The summed E-state index contributed by atoms with van der Waals surface area (Å²) in [6.07, 6.45) is 0. The van der Waals surface area contributed by atoms with Crippen LogP contribution < -0.4 is 10.6 Å². The first-order valence-corrected chi connectivity index (χ1v) is 10.5. The molecule has 1 aliphatic rings. The SMILES string of the molecule is CCOC(=O)c1c(F)cc(N2C(N)=C(C#N)C(c3ccccc3)C(C(=O)OC)=C2C(=O)OC)cc1F. The van der Waals surface area contributed by atoms with Gasteiger partial charge in [0.15, 0.2) is 0 Å². The molecule has 2 aromatic rings. The number of nitrogens with zero attached hydrogens (tertiary/aromatic N) is 2. The quantitative estimate of drug-likeness (QED) is 0.472. The van der Waals surface area contributed by atoms with Crippen molar-refractivity contribution in [2.24, 2.45) is 5.73 Å². The van der Waals surface area contributed by atoms with E-state index in [1.807, 2.05) is 6.07 Å². The molecule has 1 atom stereocenters. The van der Waals surface area contributed by atoms with Gasteiger partial charge in [0.25, 0.3) is 0 Å². The van der Waals surface area contributed by atoms with Crippen LogP contribution in [0.15, 0.2) is 65.1 Å². The van der Waals surface area contributed by atoms with Crippen LogP contribution in [0.2, 0.25) is 0 Å². The zero-order chi connectivity index (χ0) is 26.6. The van der Waals surface area contributed by atoms with Gasteiger partial charge in [-0.25, -0.2) is 23.2 Å². The number of esters is 3. The molecule has 0 saturated heterocycles. The number of hydrogen-bond donors (Lipinski definition) is 1. The predicted octanol–water partition coefficient (Wildman–Crippen LogP) is 3.04. The molecular formula is C25H21F2N3O6. The fourth-order valence-electron chi connectivity index (χ4n) is 3.87. The molecule has 0 bridgehead atoms. The predicted molar refractivity (Wildman–Crippen MR) is 122 cm³/mol. The first kappa shape index (κ1) is 25.9. The van der Waals surface area contributed by atoms with E-state index in [0.717, 1.165) is 31.3 Å². The Hall–Kier alpha value is -4.72. The summed E-state index contributed by atoms with van der Waals surface area (Å²) in [5.41, 5.74) is 4.31. The molecule has 1 heterocycles. The molecule has 0 saturated carbocycles.